The van der Waals surface area contributed by atoms with Gasteiger partial charge >= 0.3 is 12.2 Å². The molecule has 0 bridgehead atoms. The molecule has 1 saturated heterocycles. The van der Waals surface area contributed by atoms with Gasteiger partial charge in [0.2, 0.25) is 0 Å². The fraction of sp³-hybridized carbons (Fsp3) is 0.515. The van der Waals surface area contributed by atoms with Crippen LogP contribution in [0.4, 0.5) is 9.59 Å². The number of halogens is 1. The largest absolute Gasteiger partial charge is 0.443 e. The molecule has 2 aromatic heterocycles. The molecular weight excluding hydrogens is 580 g/mol. The second kappa shape index (κ2) is 11.1. The number of carbonyl (C=O) groups excluding carboxylic acids is 2. The summed E-state index contributed by atoms with van der Waals surface area (Å²) in [7, 11) is 1.93. The molecule has 3 heterocycles. The summed E-state index contributed by atoms with van der Waals surface area (Å²) in [4.78, 5) is 39.7. The lowest BCUT2D eigenvalue weighted by Crippen LogP contribution is -2.52. The first kappa shape index (κ1) is 29.1. The summed E-state index contributed by atoms with van der Waals surface area (Å²) in [5, 5.41) is 3.84. The minimum Gasteiger partial charge on any atom is -0.443 e. The highest BCUT2D eigenvalue weighted by Crippen LogP contribution is 2.49. The van der Waals surface area contributed by atoms with Gasteiger partial charge < -0.3 is 24.3 Å². The highest BCUT2D eigenvalue weighted by molar-refractivity contribution is 6.31. The smallest absolute Gasteiger partial charge is 0.410 e. The number of aromatic nitrogens is 3. The molecule has 7 rings (SSSR count). The molecule has 11 heteroatoms. The Kier molecular flexibility index (Phi) is 7.32. The van der Waals surface area contributed by atoms with Crippen molar-refractivity contribution in [2.75, 3.05) is 26.2 Å². The molecule has 1 aliphatic heterocycles. The van der Waals surface area contributed by atoms with Crippen LogP contribution in [0.15, 0.2) is 59.7 Å². The molecule has 1 N–H and O–H groups in total. The third kappa shape index (κ3) is 5.77. The Labute approximate surface area is 262 Å². The van der Waals surface area contributed by atoms with Crippen molar-refractivity contribution in [2.24, 2.45) is 18.9 Å². The van der Waals surface area contributed by atoms with Gasteiger partial charge in [-0.15, -0.1) is 0 Å². The van der Waals surface area contributed by atoms with Crippen LogP contribution < -0.4 is 5.32 Å². The Morgan fingerprint density at radius 2 is 1.82 bits per heavy atom. The number of hydrogen-bond acceptors (Lipinski definition) is 7. The first-order chi connectivity index (χ1) is 21.1. The number of fused-ring (bicyclic) bond motifs is 2. The van der Waals surface area contributed by atoms with E-state index in [0.29, 0.717) is 31.2 Å². The number of rotatable bonds is 6. The van der Waals surface area contributed by atoms with Gasteiger partial charge in [-0.2, -0.15) is 0 Å². The van der Waals surface area contributed by atoms with Gasteiger partial charge in [0, 0.05) is 56.3 Å². The number of imidazole rings is 1. The van der Waals surface area contributed by atoms with E-state index in [9.17, 15) is 9.59 Å². The molecular formula is C33H39ClN6O4. The van der Waals surface area contributed by atoms with E-state index in [1.165, 1.54) is 0 Å². The predicted molar refractivity (Wildman–Crippen MR) is 165 cm³/mol. The number of allylic oxidation sites excluding steroid dienone is 3. The number of pyridine rings is 1. The minimum atomic E-state index is -0.515. The summed E-state index contributed by atoms with van der Waals surface area (Å²) < 4.78 is 13.5. The Hall–Kier alpha value is -3.63. The lowest BCUT2D eigenvalue weighted by atomic mass is 9.75. The molecule has 0 spiro atoms. The number of aryl methyl sites for hydroxylation is 1. The zero-order valence-electron chi connectivity index (χ0n) is 25.4. The van der Waals surface area contributed by atoms with Gasteiger partial charge in [-0.3, -0.25) is 9.88 Å². The van der Waals surface area contributed by atoms with E-state index in [0.717, 1.165) is 48.2 Å². The standard InChI is InChI=1S/C33H39ClN6O4/c1-32(8-9-32)43-30(41)37-28(26-19-35-20-38(26)3)25-17-21-5-4-12-36-27(21)29(23-7-6-22(34)18-24(23)25)39-13-15-40(16-14-39)31(42)44-33(2)10-11-33/h4-7,12,17-20,23-24,28-29H,8-11,13-16H2,1-3H3,(H,37,41)/t23?,24?,28-,29+/m1/s1. The summed E-state index contributed by atoms with van der Waals surface area (Å²) in [6.45, 7) is 6.48. The van der Waals surface area contributed by atoms with Crippen molar-refractivity contribution in [1.29, 1.82) is 0 Å². The van der Waals surface area contributed by atoms with E-state index >= 15 is 0 Å². The lowest BCUT2D eigenvalue weighted by Gasteiger charge is -2.43. The first-order valence-corrected chi connectivity index (χ1v) is 15.9. The molecule has 5 aliphatic rings. The van der Waals surface area contributed by atoms with Crippen LogP contribution in [-0.2, 0) is 16.5 Å². The Morgan fingerprint density at radius 1 is 1.09 bits per heavy atom. The zero-order valence-corrected chi connectivity index (χ0v) is 26.2. The van der Waals surface area contributed by atoms with Gasteiger partial charge in [-0.25, -0.2) is 14.6 Å². The van der Waals surface area contributed by atoms with E-state index in [1.807, 2.05) is 48.7 Å². The maximum Gasteiger partial charge on any atom is 0.410 e. The van der Waals surface area contributed by atoms with Crippen molar-refractivity contribution < 1.29 is 19.1 Å². The Balaban J connectivity index is 1.23. The number of piperazine rings is 1. The highest BCUT2D eigenvalue weighted by atomic mass is 35.5. The lowest BCUT2D eigenvalue weighted by molar-refractivity contribution is 0.0286. The summed E-state index contributed by atoms with van der Waals surface area (Å²) >= 11 is 6.70. The molecule has 2 saturated carbocycles. The van der Waals surface area contributed by atoms with Gasteiger partial charge in [0.25, 0.3) is 0 Å². The molecule has 3 fully saturated rings. The fourth-order valence-corrected chi connectivity index (χ4v) is 6.80. The summed E-state index contributed by atoms with van der Waals surface area (Å²) in [6, 6.07) is 3.43. The Bertz CT molecular complexity index is 1550. The fourth-order valence-electron chi connectivity index (χ4n) is 6.59. The van der Waals surface area contributed by atoms with Crippen LogP contribution in [0.2, 0.25) is 0 Å². The van der Waals surface area contributed by atoms with Gasteiger partial charge in [-0.1, -0.05) is 35.9 Å². The van der Waals surface area contributed by atoms with Crippen LogP contribution in [-0.4, -0.2) is 73.9 Å². The minimum absolute atomic E-state index is 0.0294. The monoisotopic (exact) mass is 618 g/mol. The van der Waals surface area contributed by atoms with E-state index < -0.39 is 17.7 Å². The maximum absolute atomic E-state index is 13.3. The van der Waals surface area contributed by atoms with Gasteiger partial charge in [-0.05, 0) is 62.8 Å². The van der Waals surface area contributed by atoms with Crippen LogP contribution in [0.1, 0.15) is 68.6 Å². The molecule has 4 atom stereocenters. The average molecular weight is 619 g/mol. The van der Waals surface area contributed by atoms with Crippen molar-refractivity contribution in [3.8, 4) is 0 Å². The molecule has 2 unspecified atom stereocenters. The third-order valence-corrected chi connectivity index (χ3v) is 10.00. The van der Waals surface area contributed by atoms with Gasteiger partial charge in [0.05, 0.1) is 36.0 Å². The van der Waals surface area contributed by atoms with Gasteiger partial charge in [0.1, 0.15) is 11.2 Å². The topological polar surface area (TPSA) is 102 Å². The van der Waals surface area contributed by atoms with Crippen LogP contribution in [0.3, 0.4) is 0 Å². The third-order valence-electron chi connectivity index (χ3n) is 9.75. The highest BCUT2D eigenvalue weighted by Gasteiger charge is 2.46. The predicted octanol–water partition coefficient (Wildman–Crippen LogP) is 5.50. The SMILES string of the molecule is Cn1cncc1[C@H](NC(=O)OC1(C)CC1)C1=Cc2cccnc2[C@@H](N2CCN(C(=O)OC3(C)CC3)CC2)C2C=CC(Cl)=CC12. The number of carbonyl (C=O) groups is 2. The molecule has 2 amide bonds. The Morgan fingerprint density at radius 3 is 2.50 bits per heavy atom. The molecule has 2 aromatic rings. The van der Waals surface area contributed by atoms with E-state index in [-0.39, 0.29) is 29.6 Å². The number of nitrogens with zero attached hydrogens (tertiary/aromatic N) is 5. The molecule has 44 heavy (non-hydrogen) atoms. The van der Waals surface area contributed by atoms with Crippen molar-refractivity contribution >= 4 is 29.9 Å². The van der Waals surface area contributed by atoms with E-state index in [1.54, 1.807) is 12.5 Å². The molecule has 4 aliphatic carbocycles. The molecule has 0 radical (unpaired) electrons. The van der Waals surface area contributed by atoms with Crippen LogP contribution >= 0.6 is 11.6 Å². The van der Waals surface area contributed by atoms with E-state index in [4.69, 9.17) is 26.1 Å². The van der Waals surface area contributed by atoms with Gasteiger partial charge in [0.15, 0.2) is 0 Å². The van der Waals surface area contributed by atoms with Crippen molar-refractivity contribution in [3.05, 3.63) is 76.6 Å². The quantitative estimate of drug-likeness (QED) is 0.456. The number of alkyl carbamates (subject to hydrolysis) is 1. The number of amides is 2. The van der Waals surface area contributed by atoms with Crippen LogP contribution in [0.5, 0.6) is 0 Å². The first-order valence-electron chi connectivity index (χ1n) is 15.5. The second-order valence-electron chi connectivity index (χ2n) is 13.3. The number of ether oxygens (including phenoxy) is 2. The summed E-state index contributed by atoms with van der Waals surface area (Å²) in [5.74, 6) is -0.181. The number of hydrogen-bond donors (Lipinski definition) is 1. The van der Waals surface area contributed by atoms with Crippen molar-refractivity contribution in [3.63, 3.8) is 0 Å². The average Bonchev–Trinajstić information content (AvgIpc) is 3.88. The van der Waals surface area contributed by atoms with E-state index in [2.05, 4.69) is 39.5 Å². The van der Waals surface area contributed by atoms with Crippen LogP contribution in [0.25, 0.3) is 6.08 Å². The normalized spacial score (nSPS) is 27.1. The molecule has 232 valence electrons. The van der Waals surface area contributed by atoms with Crippen molar-refractivity contribution in [1.82, 2.24) is 29.7 Å². The maximum atomic E-state index is 13.3. The summed E-state index contributed by atoms with van der Waals surface area (Å²) in [6.07, 6.45) is 16.6. The summed E-state index contributed by atoms with van der Waals surface area (Å²) in [5.41, 5.74) is 3.06. The molecule has 0 aromatic carbocycles. The number of nitrogens with one attached hydrogen (secondary N) is 1. The second-order valence-corrected chi connectivity index (χ2v) is 13.7. The van der Waals surface area contributed by atoms with Crippen LogP contribution in [0, 0.1) is 11.8 Å². The zero-order chi connectivity index (χ0) is 30.6. The van der Waals surface area contributed by atoms with Crippen molar-refractivity contribution in [2.45, 2.75) is 62.8 Å². The molecule has 10 nitrogen and oxygen atoms in total.